The molecule has 4 nitrogen and oxygen atoms in total. The Balaban J connectivity index is 2.87. The summed E-state index contributed by atoms with van der Waals surface area (Å²) in [5, 5.41) is 8.76. The minimum atomic E-state index is -0.732. The van der Waals surface area contributed by atoms with Crippen LogP contribution in [0.25, 0.3) is 0 Å². The van der Waals surface area contributed by atoms with Gasteiger partial charge in [0, 0.05) is 0 Å². The van der Waals surface area contributed by atoms with Crippen molar-refractivity contribution in [1.82, 2.24) is 0 Å². The molecule has 72 valence electrons. The van der Waals surface area contributed by atoms with Crippen molar-refractivity contribution < 1.29 is 4.79 Å². The van der Waals surface area contributed by atoms with Gasteiger partial charge in [-0.25, -0.2) is 0 Å². The topological polar surface area (TPSA) is 92.9 Å². The highest BCUT2D eigenvalue weighted by molar-refractivity contribution is 5.80. The summed E-state index contributed by atoms with van der Waals surface area (Å²) in [6.07, 6.45) is 0.305. The highest BCUT2D eigenvalue weighted by Gasteiger charge is 2.11. The molecule has 1 aromatic rings. The Labute approximate surface area is 82.1 Å². The lowest BCUT2D eigenvalue weighted by Crippen LogP contribution is -2.38. The maximum Gasteiger partial charge on any atom is 0.234 e. The van der Waals surface area contributed by atoms with Gasteiger partial charge in [-0.15, -0.1) is 0 Å². The second-order valence-corrected chi connectivity index (χ2v) is 2.98. The molecule has 0 bridgehead atoms. The number of carbonyl (C=O) groups is 1. The van der Waals surface area contributed by atoms with E-state index >= 15 is 0 Å². The van der Waals surface area contributed by atoms with Gasteiger partial charge in [0.1, 0.15) is 0 Å². The predicted molar refractivity (Wildman–Crippen MR) is 52.0 cm³/mol. The lowest BCUT2D eigenvalue weighted by atomic mass is 10.0. The van der Waals surface area contributed by atoms with E-state index in [1.807, 2.05) is 6.07 Å². The van der Waals surface area contributed by atoms with E-state index in [0.717, 1.165) is 5.56 Å². The first-order valence-electron chi connectivity index (χ1n) is 4.18. The van der Waals surface area contributed by atoms with Crippen LogP contribution in [-0.2, 0) is 11.2 Å². The van der Waals surface area contributed by atoms with Crippen LogP contribution in [0.5, 0.6) is 0 Å². The highest BCUT2D eigenvalue weighted by atomic mass is 16.1. The number of carbonyl (C=O) groups excluding carboxylic acids is 1. The van der Waals surface area contributed by atoms with Crippen molar-refractivity contribution in [3.63, 3.8) is 0 Å². The van der Waals surface area contributed by atoms with Gasteiger partial charge in [-0.1, -0.05) is 18.2 Å². The van der Waals surface area contributed by atoms with E-state index < -0.39 is 11.9 Å². The summed E-state index contributed by atoms with van der Waals surface area (Å²) in [5.74, 6) is -0.558. The smallest absolute Gasteiger partial charge is 0.234 e. The van der Waals surface area contributed by atoms with Gasteiger partial charge in [0.2, 0.25) is 5.91 Å². The number of primary amides is 1. The van der Waals surface area contributed by atoms with Gasteiger partial charge in [0.05, 0.1) is 17.7 Å². The monoisotopic (exact) mass is 189 g/mol. The van der Waals surface area contributed by atoms with Gasteiger partial charge in [0.25, 0.3) is 0 Å². The normalized spacial score (nSPS) is 11.7. The minimum absolute atomic E-state index is 0.305. The molecule has 1 atom stereocenters. The van der Waals surface area contributed by atoms with Crippen molar-refractivity contribution in [2.45, 2.75) is 12.5 Å². The van der Waals surface area contributed by atoms with Crippen LogP contribution in [0.3, 0.4) is 0 Å². The quantitative estimate of drug-likeness (QED) is 0.696. The summed E-state index contributed by atoms with van der Waals surface area (Å²) in [4.78, 5) is 10.7. The van der Waals surface area contributed by atoms with Crippen LogP contribution in [0.15, 0.2) is 24.3 Å². The Bertz CT molecular complexity index is 381. The van der Waals surface area contributed by atoms with E-state index in [4.69, 9.17) is 16.7 Å². The summed E-state index contributed by atoms with van der Waals surface area (Å²) >= 11 is 0. The number of nitrogens with two attached hydrogens (primary N) is 2. The molecule has 0 aliphatic rings. The Kier molecular flexibility index (Phi) is 3.21. The Morgan fingerprint density at radius 3 is 2.71 bits per heavy atom. The summed E-state index contributed by atoms with van der Waals surface area (Å²) in [6, 6.07) is 8.31. The van der Waals surface area contributed by atoms with E-state index in [2.05, 4.69) is 0 Å². The number of amides is 1. The van der Waals surface area contributed by atoms with E-state index in [9.17, 15) is 4.79 Å². The van der Waals surface area contributed by atoms with Gasteiger partial charge < -0.3 is 11.5 Å². The number of nitrogens with zero attached hydrogens (tertiary/aromatic N) is 1. The third-order valence-electron chi connectivity index (χ3n) is 1.94. The zero-order valence-electron chi connectivity index (χ0n) is 7.60. The predicted octanol–water partition coefficient (Wildman–Crippen LogP) is -0.0866. The van der Waals surface area contributed by atoms with E-state index in [1.165, 1.54) is 0 Å². The fourth-order valence-electron chi connectivity index (χ4n) is 1.14. The fourth-order valence-corrected chi connectivity index (χ4v) is 1.14. The maximum atomic E-state index is 10.7. The molecule has 1 amide bonds. The molecule has 0 aliphatic heterocycles. The summed E-state index contributed by atoms with van der Waals surface area (Å²) in [5.41, 5.74) is 11.8. The third-order valence-corrected chi connectivity index (χ3v) is 1.94. The van der Waals surface area contributed by atoms with E-state index in [0.29, 0.717) is 12.0 Å². The molecular weight excluding hydrogens is 178 g/mol. The molecule has 1 aromatic carbocycles. The summed E-state index contributed by atoms with van der Waals surface area (Å²) in [6.45, 7) is 0. The second-order valence-electron chi connectivity index (χ2n) is 2.98. The van der Waals surface area contributed by atoms with Crippen LogP contribution in [0, 0.1) is 11.3 Å². The van der Waals surface area contributed by atoms with Crippen molar-refractivity contribution in [3.05, 3.63) is 35.4 Å². The second kappa shape index (κ2) is 4.40. The molecule has 1 rings (SSSR count). The molecule has 0 aromatic heterocycles. The highest BCUT2D eigenvalue weighted by Crippen LogP contribution is 2.08. The molecular formula is C10H11N3O. The third kappa shape index (κ3) is 2.31. The molecule has 0 radical (unpaired) electrons. The molecule has 4 heteroatoms. The minimum Gasteiger partial charge on any atom is -0.368 e. The molecule has 14 heavy (non-hydrogen) atoms. The van der Waals surface area contributed by atoms with Crippen LogP contribution in [0.4, 0.5) is 0 Å². The molecule has 0 fully saturated rings. The van der Waals surface area contributed by atoms with Crippen LogP contribution in [0.2, 0.25) is 0 Å². The van der Waals surface area contributed by atoms with Crippen LogP contribution in [-0.4, -0.2) is 11.9 Å². The molecule has 0 spiro atoms. The van der Waals surface area contributed by atoms with Crippen molar-refractivity contribution in [2.75, 3.05) is 0 Å². The van der Waals surface area contributed by atoms with Crippen LogP contribution >= 0.6 is 0 Å². The molecule has 0 saturated heterocycles. The Hall–Kier alpha value is -1.86. The zero-order chi connectivity index (χ0) is 10.6. The van der Waals surface area contributed by atoms with E-state index in [-0.39, 0.29) is 0 Å². The SMILES string of the molecule is N#Cc1ccccc1C[C@H](N)C(N)=O. The standard InChI is InChI=1S/C10H11N3O/c11-6-8-4-2-1-3-7(8)5-9(12)10(13)14/h1-4,9H,5,12H2,(H2,13,14)/t9-/m0/s1. The van der Waals surface area contributed by atoms with Gasteiger partial charge in [0.15, 0.2) is 0 Å². The van der Waals surface area contributed by atoms with Gasteiger partial charge in [-0.2, -0.15) is 5.26 Å². The first kappa shape index (κ1) is 10.2. The van der Waals surface area contributed by atoms with Crippen molar-refractivity contribution in [1.29, 1.82) is 5.26 Å². The van der Waals surface area contributed by atoms with Crippen molar-refractivity contribution in [2.24, 2.45) is 11.5 Å². The summed E-state index contributed by atoms with van der Waals surface area (Å²) < 4.78 is 0. The van der Waals surface area contributed by atoms with Crippen LogP contribution < -0.4 is 11.5 Å². The number of hydrogen-bond acceptors (Lipinski definition) is 3. The van der Waals surface area contributed by atoms with Gasteiger partial charge in [-0.3, -0.25) is 4.79 Å². The molecule has 4 N–H and O–H groups in total. The van der Waals surface area contributed by atoms with Crippen molar-refractivity contribution >= 4 is 5.91 Å². The van der Waals surface area contributed by atoms with Gasteiger partial charge in [-0.05, 0) is 18.1 Å². The fraction of sp³-hybridized carbons (Fsp3) is 0.200. The average molecular weight is 189 g/mol. The first-order chi connectivity index (χ1) is 6.65. The lowest BCUT2D eigenvalue weighted by Gasteiger charge is -2.08. The summed E-state index contributed by atoms with van der Waals surface area (Å²) in [7, 11) is 0. The number of rotatable bonds is 3. The maximum absolute atomic E-state index is 10.7. The Morgan fingerprint density at radius 2 is 2.14 bits per heavy atom. The average Bonchev–Trinajstić information content (AvgIpc) is 2.18. The largest absolute Gasteiger partial charge is 0.368 e. The lowest BCUT2D eigenvalue weighted by molar-refractivity contribution is -0.119. The first-order valence-corrected chi connectivity index (χ1v) is 4.18. The molecule has 0 heterocycles. The van der Waals surface area contributed by atoms with Crippen LogP contribution in [0.1, 0.15) is 11.1 Å². The van der Waals surface area contributed by atoms with Gasteiger partial charge >= 0.3 is 0 Å². The van der Waals surface area contributed by atoms with E-state index in [1.54, 1.807) is 24.3 Å². The Morgan fingerprint density at radius 1 is 1.50 bits per heavy atom. The molecule has 0 aliphatic carbocycles. The molecule has 0 saturated carbocycles. The number of benzene rings is 1. The number of hydrogen-bond donors (Lipinski definition) is 2. The van der Waals surface area contributed by atoms with Crippen molar-refractivity contribution in [3.8, 4) is 6.07 Å². The molecule has 0 unspecified atom stereocenters. The number of nitriles is 1. The zero-order valence-corrected chi connectivity index (χ0v) is 7.60.